The molecule has 0 aromatic rings. The van der Waals surface area contributed by atoms with Gasteiger partial charge >= 0.3 is 0 Å². The van der Waals surface area contributed by atoms with E-state index in [0.29, 0.717) is 12.5 Å². The van der Waals surface area contributed by atoms with Crippen LogP contribution in [0, 0.1) is 10.1 Å². The van der Waals surface area contributed by atoms with Crippen LogP contribution in [0.25, 0.3) is 0 Å². The molecule has 0 unspecified atom stereocenters. The molecule has 0 spiro atoms. The first kappa shape index (κ1) is 31.3. The molecule has 1 aliphatic rings. The van der Waals surface area contributed by atoms with Crippen molar-refractivity contribution in [2.24, 2.45) is 4.99 Å². The summed E-state index contributed by atoms with van der Waals surface area (Å²) in [5.41, 5.74) is 0.756. The molecule has 182 valence electrons. The second kappa shape index (κ2) is 20.1. The van der Waals surface area contributed by atoms with Crippen LogP contribution in [0.3, 0.4) is 0 Å². The predicted octanol–water partition coefficient (Wildman–Crippen LogP) is 4.51. The zero-order valence-corrected chi connectivity index (χ0v) is 21.0. The number of rotatable bonds is 11. The van der Waals surface area contributed by atoms with Crippen LogP contribution in [0.15, 0.2) is 66.2 Å². The Balaban J connectivity index is 0. The van der Waals surface area contributed by atoms with E-state index in [2.05, 4.69) is 52.1 Å². The molecule has 0 saturated carbocycles. The highest BCUT2D eigenvalue weighted by atomic mass is 16.6. The maximum absolute atomic E-state index is 10.8. The molecule has 1 fully saturated rings. The molecule has 0 aromatic carbocycles. The van der Waals surface area contributed by atoms with E-state index in [0.717, 1.165) is 50.7 Å². The maximum Gasteiger partial charge on any atom is 0.262 e. The number of piperazine rings is 1. The molecule has 1 aliphatic heterocycles. The van der Waals surface area contributed by atoms with E-state index in [4.69, 9.17) is 0 Å². The first-order valence-corrected chi connectivity index (χ1v) is 11.4. The van der Waals surface area contributed by atoms with Crippen molar-refractivity contribution in [1.82, 2.24) is 20.4 Å². The minimum absolute atomic E-state index is 0.159. The summed E-state index contributed by atoms with van der Waals surface area (Å²) in [7, 11) is 0. The van der Waals surface area contributed by atoms with Crippen LogP contribution >= 0.6 is 0 Å². The van der Waals surface area contributed by atoms with Gasteiger partial charge in [0.05, 0.1) is 17.4 Å². The fourth-order valence-electron chi connectivity index (χ4n) is 2.57. The average Bonchev–Trinajstić information content (AvgIpc) is 2.84. The molecule has 32 heavy (non-hydrogen) atoms. The number of aliphatic imine (C=N–C) groups is 1. The Morgan fingerprint density at radius 1 is 1.09 bits per heavy atom. The number of hydrogen-bond donors (Lipinski definition) is 2. The summed E-state index contributed by atoms with van der Waals surface area (Å²) >= 11 is 0. The first-order chi connectivity index (χ1) is 15.4. The van der Waals surface area contributed by atoms with Gasteiger partial charge in [0.15, 0.2) is 0 Å². The fourth-order valence-corrected chi connectivity index (χ4v) is 2.57. The molecule has 2 N–H and O–H groups in total. The third-order valence-corrected chi connectivity index (χ3v) is 4.24. The summed E-state index contributed by atoms with van der Waals surface area (Å²) in [5.74, 6) is 1.54. The van der Waals surface area contributed by atoms with Crippen molar-refractivity contribution < 1.29 is 4.92 Å². The van der Waals surface area contributed by atoms with Crippen molar-refractivity contribution in [1.29, 1.82) is 0 Å². The molecule has 0 aromatic heterocycles. The highest BCUT2D eigenvalue weighted by Crippen LogP contribution is 2.10. The normalized spacial score (nSPS) is 14.1. The van der Waals surface area contributed by atoms with E-state index in [9.17, 15) is 10.1 Å². The van der Waals surface area contributed by atoms with Crippen molar-refractivity contribution in [2.75, 3.05) is 39.4 Å². The Morgan fingerprint density at radius 3 is 2.12 bits per heavy atom. The molecule has 8 nitrogen and oxygen atoms in total. The number of hydrogen-bond acceptors (Lipinski definition) is 6. The molecule has 1 rings (SSSR count). The molecular weight excluding hydrogens is 404 g/mol. The first-order valence-electron chi connectivity index (χ1n) is 11.4. The van der Waals surface area contributed by atoms with Crippen LogP contribution in [-0.4, -0.2) is 60.0 Å². The molecule has 0 bridgehead atoms. The van der Waals surface area contributed by atoms with E-state index in [-0.39, 0.29) is 5.70 Å². The monoisotopic (exact) mass is 448 g/mol. The van der Waals surface area contributed by atoms with Gasteiger partial charge in [0.1, 0.15) is 5.84 Å². The Bertz CT molecular complexity index is 659. The average molecular weight is 449 g/mol. The van der Waals surface area contributed by atoms with Gasteiger partial charge in [-0.2, -0.15) is 0 Å². The molecule has 8 heteroatoms. The number of nitrogens with one attached hydrogen (secondary N) is 2. The summed E-state index contributed by atoms with van der Waals surface area (Å²) in [6, 6.07) is 0. The Hall–Kier alpha value is -2.87. The largest absolute Gasteiger partial charge is 0.355 e. The second-order valence-corrected chi connectivity index (χ2v) is 6.25. The van der Waals surface area contributed by atoms with Gasteiger partial charge in [0.25, 0.3) is 5.70 Å². The number of nitrogens with zero attached hydrogens (tertiary/aromatic N) is 4. The standard InChI is InChI=1S/C20H32N6O2.2C2H6/c1-6-11-21-16-22-20(10-9-17(4)26(27)28)25-14-12-24(13-15-25)18(5)23-19(7-2)8-3;2*1-2/h7-10,21,23H,2,4-6,11-16H2,1,3H3;2*1-2H3/b10-9-,19-8+,22-20+;;. The molecule has 1 heterocycles. The highest BCUT2D eigenvalue weighted by molar-refractivity contribution is 5.93. The van der Waals surface area contributed by atoms with Crippen LogP contribution in [0.1, 0.15) is 48.0 Å². The zero-order chi connectivity index (χ0) is 24.9. The van der Waals surface area contributed by atoms with E-state index in [1.807, 2.05) is 40.7 Å². The SMILES string of the molecule is C=C/C(=C\C)NC(=C)N1CCN(C(/C=C\C(=C)[N+](=O)[O-])=N/CNCCC)CC1.CC.CC. The predicted molar refractivity (Wildman–Crippen MR) is 138 cm³/mol. The van der Waals surface area contributed by atoms with Gasteiger partial charge < -0.3 is 15.1 Å². The molecule has 0 aliphatic carbocycles. The smallest absolute Gasteiger partial charge is 0.262 e. The van der Waals surface area contributed by atoms with Gasteiger partial charge in [-0.1, -0.05) is 53.9 Å². The van der Waals surface area contributed by atoms with Crippen molar-refractivity contribution in [2.45, 2.75) is 48.0 Å². The van der Waals surface area contributed by atoms with Gasteiger partial charge in [-0.3, -0.25) is 20.4 Å². The Kier molecular flexibility index (Phi) is 19.6. The van der Waals surface area contributed by atoms with E-state index < -0.39 is 4.92 Å². The number of amidine groups is 1. The third kappa shape index (κ3) is 12.7. The zero-order valence-electron chi connectivity index (χ0n) is 21.0. The number of allylic oxidation sites excluding steroid dienone is 3. The summed E-state index contributed by atoms with van der Waals surface area (Å²) in [4.78, 5) is 19.1. The van der Waals surface area contributed by atoms with Gasteiger partial charge in [-0.25, -0.2) is 0 Å². The van der Waals surface area contributed by atoms with E-state index >= 15 is 0 Å². The highest BCUT2D eigenvalue weighted by Gasteiger charge is 2.20. The van der Waals surface area contributed by atoms with E-state index in [1.54, 1.807) is 12.2 Å². The van der Waals surface area contributed by atoms with Crippen LogP contribution in [0.5, 0.6) is 0 Å². The van der Waals surface area contributed by atoms with Gasteiger partial charge in [-0.05, 0) is 38.6 Å². The van der Waals surface area contributed by atoms with Crippen LogP contribution in [0.2, 0.25) is 0 Å². The molecular formula is C24H44N6O2. The molecule has 0 amide bonds. The third-order valence-electron chi connectivity index (χ3n) is 4.24. The summed E-state index contributed by atoms with van der Waals surface area (Å²) in [6.07, 6.45) is 7.77. The number of nitro groups is 1. The van der Waals surface area contributed by atoms with Crippen LogP contribution < -0.4 is 10.6 Å². The topological polar surface area (TPSA) is 86.0 Å². The summed E-state index contributed by atoms with van der Waals surface area (Å²) in [5, 5.41) is 17.3. The Morgan fingerprint density at radius 2 is 1.66 bits per heavy atom. The van der Waals surface area contributed by atoms with E-state index in [1.165, 1.54) is 6.08 Å². The lowest BCUT2D eigenvalue weighted by Gasteiger charge is -2.38. The van der Waals surface area contributed by atoms with Gasteiger partial charge in [0.2, 0.25) is 0 Å². The van der Waals surface area contributed by atoms with Gasteiger partial charge in [-0.15, -0.1) is 0 Å². The minimum Gasteiger partial charge on any atom is -0.355 e. The second-order valence-electron chi connectivity index (χ2n) is 6.25. The fraction of sp³-hybridized carbons (Fsp3) is 0.542. The van der Waals surface area contributed by atoms with Crippen molar-refractivity contribution >= 4 is 5.84 Å². The van der Waals surface area contributed by atoms with Crippen molar-refractivity contribution in [3.8, 4) is 0 Å². The minimum atomic E-state index is -0.504. The van der Waals surface area contributed by atoms with Gasteiger partial charge in [0, 0.05) is 38.0 Å². The molecule has 1 saturated heterocycles. The quantitative estimate of drug-likeness (QED) is 0.121. The molecule has 0 atom stereocenters. The van der Waals surface area contributed by atoms with Crippen molar-refractivity contribution in [3.63, 3.8) is 0 Å². The summed E-state index contributed by atoms with van der Waals surface area (Å²) in [6.45, 7) is 27.7. The summed E-state index contributed by atoms with van der Waals surface area (Å²) < 4.78 is 0. The van der Waals surface area contributed by atoms with Crippen LogP contribution in [-0.2, 0) is 0 Å². The van der Waals surface area contributed by atoms with Crippen LogP contribution in [0.4, 0.5) is 0 Å². The Labute approximate surface area is 195 Å². The lowest BCUT2D eigenvalue weighted by molar-refractivity contribution is -0.418. The van der Waals surface area contributed by atoms with Crippen molar-refractivity contribution in [3.05, 3.63) is 71.4 Å². The lowest BCUT2D eigenvalue weighted by atomic mass is 10.2. The lowest BCUT2D eigenvalue weighted by Crippen LogP contribution is -2.49. The molecule has 0 radical (unpaired) electrons. The maximum atomic E-state index is 10.8.